The van der Waals surface area contributed by atoms with Crippen LogP contribution in [-0.4, -0.2) is 32.2 Å². The van der Waals surface area contributed by atoms with E-state index in [0.717, 1.165) is 30.5 Å². The summed E-state index contributed by atoms with van der Waals surface area (Å²) in [6.45, 7) is 3.95. The monoisotopic (exact) mass is 371 g/mol. The third kappa shape index (κ3) is 4.43. The third-order valence-electron chi connectivity index (χ3n) is 5.39. The van der Waals surface area contributed by atoms with Crippen molar-refractivity contribution in [3.05, 3.63) is 41.1 Å². The lowest BCUT2D eigenvalue weighted by atomic mass is 9.88. The van der Waals surface area contributed by atoms with Crippen LogP contribution in [0.4, 0.5) is 10.5 Å². The van der Waals surface area contributed by atoms with Crippen molar-refractivity contribution >= 4 is 17.7 Å². The first-order valence-corrected chi connectivity index (χ1v) is 9.61. The first-order chi connectivity index (χ1) is 12.8. The molecule has 6 heteroatoms. The quantitative estimate of drug-likeness (QED) is 0.795. The van der Waals surface area contributed by atoms with Crippen LogP contribution in [0.2, 0.25) is 0 Å². The first-order valence-electron chi connectivity index (χ1n) is 9.61. The van der Waals surface area contributed by atoms with Gasteiger partial charge in [-0.05, 0) is 49.8 Å². The van der Waals surface area contributed by atoms with Gasteiger partial charge in [-0.2, -0.15) is 0 Å². The molecule has 0 spiro atoms. The van der Waals surface area contributed by atoms with E-state index >= 15 is 0 Å². The molecule has 2 aliphatic rings. The van der Waals surface area contributed by atoms with Gasteiger partial charge in [0.05, 0.1) is 11.6 Å². The summed E-state index contributed by atoms with van der Waals surface area (Å²) in [4.78, 5) is 27.0. The Morgan fingerprint density at radius 1 is 1.19 bits per heavy atom. The van der Waals surface area contributed by atoms with Gasteiger partial charge in [-0.25, -0.2) is 9.59 Å². The molecule has 3 rings (SSSR count). The molecule has 1 fully saturated rings. The molecule has 0 aromatic heterocycles. The van der Waals surface area contributed by atoms with Crippen LogP contribution in [0.5, 0.6) is 0 Å². The normalized spacial score (nSPS) is 25.5. The van der Waals surface area contributed by atoms with E-state index in [9.17, 15) is 9.59 Å². The van der Waals surface area contributed by atoms with Crippen molar-refractivity contribution in [1.82, 2.24) is 10.6 Å². The highest BCUT2D eigenvalue weighted by atomic mass is 16.5. The van der Waals surface area contributed by atoms with Crippen LogP contribution in [0.1, 0.15) is 51.1 Å². The topological polar surface area (TPSA) is 70.7 Å². The van der Waals surface area contributed by atoms with Gasteiger partial charge < -0.3 is 20.3 Å². The molecule has 0 unspecified atom stereocenters. The molecule has 0 radical (unpaired) electrons. The molecular weight excluding hydrogens is 342 g/mol. The number of esters is 1. The second kappa shape index (κ2) is 8.03. The number of carbonyl (C=O) groups excluding carboxylic acids is 2. The molecule has 1 aromatic carbocycles. The molecule has 0 saturated heterocycles. The number of anilines is 1. The SMILES string of the molecule is CC1=C(C(=O)O[C@H]2CCC[C@@H](C)C2)[C@@H](c2ccc(N(C)C)cc2)NC(=O)N1. The molecule has 2 amide bonds. The van der Waals surface area contributed by atoms with Crippen LogP contribution in [0.25, 0.3) is 0 Å². The van der Waals surface area contributed by atoms with E-state index in [4.69, 9.17) is 4.74 Å². The van der Waals surface area contributed by atoms with Gasteiger partial charge in [0.25, 0.3) is 0 Å². The predicted molar refractivity (Wildman–Crippen MR) is 105 cm³/mol. The zero-order valence-corrected chi connectivity index (χ0v) is 16.5. The summed E-state index contributed by atoms with van der Waals surface area (Å²) < 4.78 is 5.82. The van der Waals surface area contributed by atoms with E-state index in [-0.39, 0.29) is 18.1 Å². The maximum atomic E-state index is 13.0. The van der Waals surface area contributed by atoms with Gasteiger partial charge in [0.2, 0.25) is 0 Å². The maximum absolute atomic E-state index is 13.0. The van der Waals surface area contributed by atoms with E-state index in [1.54, 1.807) is 6.92 Å². The van der Waals surface area contributed by atoms with Crippen LogP contribution in [0, 0.1) is 5.92 Å². The fraction of sp³-hybridized carbons (Fsp3) is 0.524. The van der Waals surface area contributed by atoms with E-state index in [1.165, 1.54) is 6.42 Å². The van der Waals surface area contributed by atoms with Gasteiger partial charge in [0.1, 0.15) is 6.10 Å². The number of allylic oxidation sites excluding steroid dienone is 1. The standard InChI is InChI=1S/C21H29N3O3/c1-13-6-5-7-17(12-13)27-20(25)18-14(2)22-21(26)23-19(18)15-8-10-16(11-9-15)24(3)4/h8-11,13,17,19H,5-7,12H2,1-4H3,(H2,22,23,26)/t13-,17+,19-/m1/s1. The lowest BCUT2D eigenvalue weighted by Gasteiger charge is -2.31. The number of hydrogen-bond acceptors (Lipinski definition) is 4. The Hall–Kier alpha value is -2.50. The van der Waals surface area contributed by atoms with E-state index < -0.39 is 6.04 Å². The lowest BCUT2D eigenvalue weighted by Crippen LogP contribution is -2.45. The molecule has 27 heavy (non-hydrogen) atoms. The number of ether oxygens (including phenoxy) is 1. The van der Waals surface area contributed by atoms with E-state index in [2.05, 4.69) is 17.6 Å². The summed E-state index contributed by atoms with van der Waals surface area (Å²) in [5, 5.41) is 5.57. The molecule has 0 bridgehead atoms. The van der Waals surface area contributed by atoms with Crippen molar-refractivity contribution in [1.29, 1.82) is 0 Å². The number of nitrogens with one attached hydrogen (secondary N) is 2. The molecule has 1 aliphatic heterocycles. The van der Waals surface area contributed by atoms with Crippen LogP contribution in [-0.2, 0) is 9.53 Å². The fourth-order valence-electron chi connectivity index (χ4n) is 3.88. The van der Waals surface area contributed by atoms with Gasteiger partial charge in [0, 0.05) is 25.5 Å². The molecule has 3 atom stereocenters. The van der Waals surface area contributed by atoms with Crippen molar-refractivity contribution in [2.75, 3.05) is 19.0 Å². The molecule has 6 nitrogen and oxygen atoms in total. The molecule has 1 saturated carbocycles. The van der Waals surface area contributed by atoms with Crippen molar-refractivity contribution in [3.8, 4) is 0 Å². The number of nitrogens with zero attached hydrogens (tertiary/aromatic N) is 1. The van der Waals surface area contributed by atoms with Crippen molar-refractivity contribution in [2.24, 2.45) is 5.92 Å². The number of rotatable bonds is 4. The Labute approximate surface area is 161 Å². The zero-order chi connectivity index (χ0) is 19.6. The number of benzene rings is 1. The zero-order valence-electron chi connectivity index (χ0n) is 16.5. The average Bonchev–Trinajstić information content (AvgIpc) is 2.61. The Morgan fingerprint density at radius 3 is 2.52 bits per heavy atom. The summed E-state index contributed by atoms with van der Waals surface area (Å²) in [5.41, 5.74) is 2.94. The number of urea groups is 1. The second-order valence-electron chi connectivity index (χ2n) is 7.86. The van der Waals surface area contributed by atoms with Gasteiger partial charge in [-0.3, -0.25) is 0 Å². The fourth-order valence-corrected chi connectivity index (χ4v) is 3.88. The van der Waals surface area contributed by atoms with Gasteiger partial charge >= 0.3 is 12.0 Å². The highest BCUT2D eigenvalue weighted by molar-refractivity contribution is 5.95. The smallest absolute Gasteiger partial charge is 0.338 e. The molecule has 1 aromatic rings. The number of amides is 2. The van der Waals surface area contributed by atoms with Crippen LogP contribution in [0.15, 0.2) is 35.5 Å². The highest BCUT2D eigenvalue weighted by Crippen LogP contribution is 2.31. The van der Waals surface area contributed by atoms with Gasteiger partial charge in [0.15, 0.2) is 0 Å². The van der Waals surface area contributed by atoms with Crippen LogP contribution >= 0.6 is 0 Å². The number of carbonyl (C=O) groups is 2. The minimum atomic E-state index is -0.511. The first kappa shape index (κ1) is 19.3. The van der Waals surface area contributed by atoms with Crippen molar-refractivity contribution in [2.45, 2.75) is 51.7 Å². The summed E-state index contributed by atoms with van der Waals surface area (Å²) in [7, 11) is 3.94. The van der Waals surface area contributed by atoms with Crippen molar-refractivity contribution in [3.63, 3.8) is 0 Å². The molecule has 1 aliphatic carbocycles. The molecule has 2 N–H and O–H groups in total. The molecule has 1 heterocycles. The maximum Gasteiger partial charge on any atom is 0.338 e. The molecular formula is C21H29N3O3. The number of hydrogen-bond donors (Lipinski definition) is 2. The van der Waals surface area contributed by atoms with Crippen molar-refractivity contribution < 1.29 is 14.3 Å². The summed E-state index contributed by atoms with van der Waals surface area (Å²) in [6, 6.07) is 7.01. The lowest BCUT2D eigenvalue weighted by molar-refractivity contribution is -0.146. The predicted octanol–water partition coefficient (Wildman–Crippen LogP) is 3.50. The minimum Gasteiger partial charge on any atom is -0.459 e. The van der Waals surface area contributed by atoms with E-state index in [0.29, 0.717) is 17.2 Å². The summed E-state index contributed by atoms with van der Waals surface area (Å²) >= 11 is 0. The van der Waals surface area contributed by atoms with E-state index in [1.807, 2.05) is 43.3 Å². The Morgan fingerprint density at radius 2 is 1.89 bits per heavy atom. The van der Waals surface area contributed by atoms with Crippen LogP contribution < -0.4 is 15.5 Å². The molecule has 146 valence electrons. The Kier molecular flexibility index (Phi) is 5.73. The highest BCUT2D eigenvalue weighted by Gasteiger charge is 2.34. The Bertz CT molecular complexity index is 740. The third-order valence-corrected chi connectivity index (χ3v) is 5.39. The average molecular weight is 371 g/mol. The van der Waals surface area contributed by atoms with Gasteiger partial charge in [-0.1, -0.05) is 25.5 Å². The second-order valence-corrected chi connectivity index (χ2v) is 7.86. The largest absolute Gasteiger partial charge is 0.459 e. The summed E-state index contributed by atoms with van der Waals surface area (Å²) in [6.07, 6.45) is 4.04. The Balaban J connectivity index is 1.84. The summed E-state index contributed by atoms with van der Waals surface area (Å²) in [5.74, 6) is 0.228. The van der Waals surface area contributed by atoms with Crippen LogP contribution in [0.3, 0.4) is 0 Å². The van der Waals surface area contributed by atoms with Gasteiger partial charge in [-0.15, -0.1) is 0 Å². The minimum absolute atomic E-state index is 0.0454.